The third kappa shape index (κ3) is 4.85. The van der Waals surface area contributed by atoms with Crippen LogP contribution in [0.4, 0.5) is 15.8 Å². The van der Waals surface area contributed by atoms with Crippen molar-refractivity contribution in [1.82, 2.24) is 0 Å². The van der Waals surface area contributed by atoms with Gasteiger partial charge in [0.2, 0.25) is 5.91 Å². The largest absolute Gasteiger partial charge is 0.399 e. The lowest BCUT2D eigenvalue weighted by Gasteiger charge is -2.07. The molecule has 0 heterocycles. The molecule has 4 heteroatoms. The average molecular weight is 238 g/mol. The number of unbranched alkanes of at least 4 members (excludes halogenated alkanes) is 3. The smallest absolute Gasteiger partial charge is 0.224 e. The summed E-state index contributed by atoms with van der Waals surface area (Å²) in [5.74, 6) is -0.619. The van der Waals surface area contributed by atoms with E-state index in [2.05, 4.69) is 12.2 Å². The number of rotatable bonds is 6. The summed E-state index contributed by atoms with van der Waals surface area (Å²) in [4.78, 5) is 11.5. The minimum atomic E-state index is -0.457. The molecule has 0 aliphatic rings. The maximum atomic E-state index is 13.3. The van der Waals surface area contributed by atoms with Crippen molar-refractivity contribution in [3.05, 3.63) is 24.0 Å². The van der Waals surface area contributed by atoms with Crippen molar-refractivity contribution >= 4 is 17.3 Å². The molecule has 0 atom stereocenters. The van der Waals surface area contributed by atoms with Crippen LogP contribution in [-0.4, -0.2) is 5.91 Å². The standard InChI is InChI=1S/C13H19FN2O/c1-2-3-4-5-6-13(17)16-12-9-10(15)7-8-11(12)14/h7-9H,2-6,15H2,1H3,(H,16,17). The fourth-order valence-corrected chi connectivity index (χ4v) is 1.56. The van der Waals surface area contributed by atoms with Crippen molar-refractivity contribution in [3.8, 4) is 0 Å². The van der Waals surface area contributed by atoms with E-state index in [4.69, 9.17) is 5.73 Å². The molecule has 17 heavy (non-hydrogen) atoms. The second-order valence-corrected chi connectivity index (χ2v) is 4.10. The number of halogens is 1. The normalized spacial score (nSPS) is 10.2. The lowest BCUT2D eigenvalue weighted by molar-refractivity contribution is -0.116. The number of anilines is 2. The Kier molecular flexibility index (Phi) is 5.46. The van der Waals surface area contributed by atoms with Crippen molar-refractivity contribution in [2.75, 3.05) is 11.1 Å². The average Bonchev–Trinajstić information content (AvgIpc) is 2.29. The van der Waals surface area contributed by atoms with Gasteiger partial charge >= 0.3 is 0 Å². The number of benzene rings is 1. The van der Waals surface area contributed by atoms with Crippen LogP contribution in [0.25, 0.3) is 0 Å². The molecule has 0 aliphatic carbocycles. The molecule has 0 saturated heterocycles. The van der Waals surface area contributed by atoms with Gasteiger partial charge in [-0.25, -0.2) is 4.39 Å². The lowest BCUT2D eigenvalue weighted by atomic mass is 10.1. The molecule has 0 saturated carbocycles. The highest BCUT2D eigenvalue weighted by molar-refractivity contribution is 5.91. The Morgan fingerprint density at radius 2 is 2.12 bits per heavy atom. The molecule has 0 aromatic heterocycles. The van der Waals surface area contributed by atoms with Gasteiger partial charge in [0.15, 0.2) is 0 Å². The Morgan fingerprint density at radius 3 is 2.82 bits per heavy atom. The van der Waals surface area contributed by atoms with E-state index in [1.54, 1.807) is 0 Å². The number of hydrogen-bond donors (Lipinski definition) is 2. The molecule has 0 bridgehead atoms. The Bertz CT molecular complexity index is 380. The van der Waals surface area contributed by atoms with E-state index >= 15 is 0 Å². The van der Waals surface area contributed by atoms with E-state index in [1.165, 1.54) is 18.2 Å². The Hall–Kier alpha value is -1.58. The molecule has 1 aromatic rings. The predicted octanol–water partition coefficient (Wildman–Crippen LogP) is 3.32. The van der Waals surface area contributed by atoms with Crippen LogP contribution in [0.15, 0.2) is 18.2 Å². The van der Waals surface area contributed by atoms with Crippen LogP contribution in [-0.2, 0) is 4.79 Å². The summed E-state index contributed by atoms with van der Waals surface area (Å²) in [5.41, 5.74) is 6.12. The minimum absolute atomic E-state index is 0.158. The number of hydrogen-bond acceptors (Lipinski definition) is 2. The van der Waals surface area contributed by atoms with Crippen molar-refractivity contribution in [2.24, 2.45) is 0 Å². The van der Waals surface area contributed by atoms with E-state index in [9.17, 15) is 9.18 Å². The van der Waals surface area contributed by atoms with Gasteiger partial charge in [0, 0.05) is 12.1 Å². The highest BCUT2D eigenvalue weighted by Crippen LogP contribution is 2.17. The summed E-state index contributed by atoms with van der Waals surface area (Å²) in [7, 11) is 0. The fraction of sp³-hybridized carbons (Fsp3) is 0.462. The van der Waals surface area contributed by atoms with Crippen LogP contribution in [0.2, 0.25) is 0 Å². The summed E-state index contributed by atoms with van der Waals surface area (Å²) in [6.07, 6.45) is 4.55. The summed E-state index contributed by atoms with van der Waals surface area (Å²) in [5, 5.41) is 2.53. The molecular formula is C13H19FN2O. The molecule has 0 radical (unpaired) electrons. The van der Waals surface area contributed by atoms with Gasteiger partial charge in [-0.05, 0) is 24.6 Å². The zero-order valence-corrected chi connectivity index (χ0v) is 10.1. The highest BCUT2D eigenvalue weighted by atomic mass is 19.1. The minimum Gasteiger partial charge on any atom is -0.399 e. The van der Waals surface area contributed by atoms with E-state index < -0.39 is 5.82 Å². The molecule has 1 rings (SSSR count). The van der Waals surface area contributed by atoms with E-state index in [0.717, 1.165) is 25.7 Å². The van der Waals surface area contributed by atoms with Gasteiger partial charge in [-0.15, -0.1) is 0 Å². The van der Waals surface area contributed by atoms with Crippen molar-refractivity contribution in [1.29, 1.82) is 0 Å². The van der Waals surface area contributed by atoms with Crippen LogP contribution < -0.4 is 11.1 Å². The molecule has 3 nitrogen and oxygen atoms in total. The monoisotopic (exact) mass is 238 g/mol. The number of carbonyl (C=O) groups is 1. The van der Waals surface area contributed by atoms with Gasteiger partial charge in [0.25, 0.3) is 0 Å². The molecule has 0 unspecified atom stereocenters. The SMILES string of the molecule is CCCCCCC(=O)Nc1cc(N)ccc1F. The predicted molar refractivity (Wildman–Crippen MR) is 68.2 cm³/mol. The topological polar surface area (TPSA) is 55.1 Å². The van der Waals surface area contributed by atoms with Crippen LogP contribution in [0.1, 0.15) is 39.0 Å². The molecule has 1 aromatic carbocycles. The second-order valence-electron chi connectivity index (χ2n) is 4.10. The molecule has 0 fully saturated rings. The quantitative estimate of drug-likeness (QED) is 0.590. The van der Waals surface area contributed by atoms with E-state index in [1.807, 2.05) is 0 Å². The van der Waals surface area contributed by atoms with E-state index in [-0.39, 0.29) is 11.6 Å². The zero-order valence-electron chi connectivity index (χ0n) is 10.1. The van der Waals surface area contributed by atoms with Gasteiger partial charge in [-0.1, -0.05) is 26.2 Å². The van der Waals surface area contributed by atoms with Gasteiger partial charge in [-0.2, -0.15) is 0 Å². The molecule has 1 amide bonds. The van der Waals surface area contributed by atoms with Crippen LogP contribution in [0, 0.1) is 5.82 Å². The van der Waals surface area contributed by atoms with Gasteiger partial charge in [-0.3, -0.25) is 4.79 Å². The van der Waals surface area contributed by atoms with Gasteiger partial charge in [0.05, 0.1) is 5.69 Å². The first-order chi connectivity index (χ1) is 8.13. The summed E-state index contributed by atoms with van der Waals surface area (Å²) in [6.45, 7) is 2.11. The first kappa shape index (κ1) is 13.5. The van der Waals surface area contributed by atoms with Crippen molar-refractivity contribution < 1.29 is 9.18 Å². The second kappa shape index (κ2) is 6.89. The molecular weight excluding hydrogens is 219 g/mol. The molecule has 0 spiro atoms. The maximum absolute atomic E-state index is 13.3. The first-order valence-corrected chi connectivity index (χ1v) is 5.98. The van der Waals surface area contributed by atoms with Crippen LogP contribution >= 0.6 is 0 Å². The number of amides is 1. The van der Waals surface area contributed by atoms with Crippen molar-refractivity contribution in [3.63, 3.8) is 0 Å². The number of nitrogens with one attached hydrogen (secondary N) is 1. The lowest BCUT2D eigenvalue weighted by Crippen LogP contribution is -2.12. The summed E-state index contributed by atoms with van der Waals surface area (Å²) < 4.78 is 13.3. The summed E-state index contributed by atoms with van der Waals surface area (Å²) in [6, 6.07) is 4.15. The Labute approximate surface area is 101 Å². The number of nitrogen functional groups attached to an aromatic ring is 1. The molecule has 3 N–H and O–H groups in total. The van der Waals surface area contributed by atoms with E-state index in [0.29, 0.717) is 12.1 Å². The Balaban J connectivity index is 2.42. The van der Waals surface area contributed by atoms with Gasteiger partial charge in [0.1, 0.15) is 5.82 Å². The Morgan fingerprint density at radius 1 is 1.35 bits per heavy atom. The third-order valence-corrected chi connectivity index (χ3v) is 2.52. The van der Waals surface area contributed by atoms with Gasteiger partial charge < -0.3 is 11.1 Å². The van der Waals surface area contributed by atoms with Crippen LogP contribution in [0.3, 0.4) is 0 Å². The maximum Gasteiger partial charge on any atom is 0.224 e. The van der Waals surface area contributed by atoms with Crippen LogP contribution in [0.5, 0.6) is 0 Å². The number of nitrogens with two attached hydrogens (primary N) is 1. The molecule has 0 aliphatic heterocycles. The zero-order chi connectivity index (χ0) is 12.7. The third-order valence-electron chi connectivity index (χ3n) is 2.52. The fourth-order valence-electron chi connectivity index (χ4n) is 1.56. The summed E-state index contributed by atoms with van der Waals surface area (Å²) >= 11 is 0. The molecule has 94 valence electrons. The highest BCUT2D eigenvalue weighted by Gasteiger charge is 2.06. The first-order valence-electron chi connectivity index (χ1n) is 5.98. The van der Waals surface area contributed by atoms with Crippen molar-refractivity contribution in [2.45, 2.75) is 39.0 Å². The number of carbonyl (C=O) groups excluding carboxylic acids is 1.